The predicted molar refractivity (Wildman–Crippen MR) is 140 cm³/mol. The molecule has 4 aromatic rings. The summed E-state index contributed by atoms with van der Waals surface area (Å²) < 4.78 is 22.8. The lowest BCUT2D eigenvalue weighted by atomic mass is 10.2. The van der Waals surface area contributed by atoms with E-state index in [1.54, 1.807) is 23.5 Å². The van der Waals surface area contributed by atoms with Gasteiger partial charge < -0.3 is 18.9 Å². The molecule has 1 amide bonds. The molecule has 0 radical (unpaired) electrons. The van der Waals surface area contributed by atoms with Crippen LogP contribution >= 0.6 is 0 Å². The van der Waals surface area contributed by atoms with E-state index < -0.39 is 17.1 Å². The largest absolute Gasteiger partial charge is 0.444 e. The van der Waals surface area contributed by atoms with Crippen LogP contribution in [0.3, 0.4) is 0 Å². The first kappa shape index (κ1) is 26.1. The second-order valence-corrected chi connectivity index (χ2v) is 9.59. The van der Waals surface area contributed by atoms with Gasteiger partial charge in [-0.05, 0) is 45.4 Å². The standard InChI is InChI=1S/C24H26FN7O3.C2H6/c1-15-11-17(29-7-9-30(10-8-29)23(34)35-24(2,3)4)14-32-20(15)27-19(28-22(32)33)16-12-18(25)21-26-5-6-31(21)13-16;1-2/h5-6,11-14H,7-10H2,1-4H3;1-2H3. The van der Waals surface area contributed by atoms with E-state index in [-0.39, 0.29) is 17.6 Å². The van der Waals surface area contributed by atoms with Crippen molar-refractivity contribution in [2.75, 3.05) is 31.1 Å². The summed E-state index contributed by atoms with van der Waals surface area (Å²) in [5, 5.41) is 0. The zero-order chi connectivity index (χ0) is 26.9. The molecule has 1 aliphatic rings. The minimum absolute atomic E-state index is 0.145. The van der Waals surface area contributed by atoms with Crippen LogP contribution < -0.4 is 10.6 Å². The molecule has 0 N–H and O–H groups in total. The summed E-state index contributed by atoms with van der Waals surface area (Å²) in [4.78, 5) is 41.7. The smallest absolute Gasteiger partial charge is 0.410 e. The highest BCUT2D eigenvalue weighted by molar-refractivity contribution is 5.69. The Morgan fingerprint density at radius 2 is 1.73 bits per heavy atom. The Labute approximate surface area is 214 Å². The molecule has 4 aromatic heterocycles. The van der Waals surface area contributed by atoms with E-state index in [0.717, 1.165) is 11.3 Å². The minimum Gasteiger partial charge on any atom is -0.444 e. The van der Waals surface area contributed by atoms with Gasteiger partial charge in [-0.2, -0.15) is 4.98 Å². The summed E-state index contributed by atoms with van der Waals surface area (Å²) in [5.41, 5.74) is 1.59. The lowest BCUT2D eigenvalue weighted by molar-refractivity contribution is 0.0240. The quantitative estimate of drug-likeness (QED) is 0.404. The lowest BCUT2D eigenvalue weighted by Crippen LogP contribution is -2.50. The first-order valence-corrected chi connectivity index (χ1v) is 12.4. The van der Waals surface area contributed by atoms with Gasteiger partial charge in [-0.15, -0.1) is 0 Å². The normalized spacial score (nSPS) is 14.0. The fourth-order valence-corrected chi connectivity index (χ4v) is 4.15. The van der Waals surface area contributed by atoms with Crippen LogP contribution in [0.5, 0.6) is 0 Å². The number of hydrogen-bond acceptors (Lipinski definition) is 7. The molecule has 0 aromatic carbocycles. The number of fused-ring (bicyclic) bond motifs is 2. The Balaban J connectivity index is 0.00000156. The molecule has 37 heavy (non-hydrogen) atoms. The highest BCUT2D eigenvalue weighted by Gasteiger charge is 2.26. The molecule has 1 aliphatic heterocycles. The van der Waals surface area contributed by atoms with E-state index >= 15 is 0 Å². The topological polar surface area (TPSA) is 97.3 Å². The van der Waals surface area contributed by atoms with Gasteiger partial charge in [0, 0.05) is 56.5 Å². The number of nitrogens with zero attached hydrogens (tertiary/aromatic N) is 7. The summed E-state index contributed by atoms with van der Waals surface area (Å²) >= 11 is 0. The SMILES string of the molecule is CC.Cc1cc(N2CCN(C(=O)OC(C)(C)C)CC2)cn2c(=O)nc(-c3cc(F)c4nccn4c3)nc12. The Kier molecular flexibility index (Phi) is 7.15. The summed E-state index contributed by atoms with van der Waals surface area (Å²) in [6.45, 7) is 13.6. The lowest BCUT2D eigenvalue weighted by Gasteiger charge is -2.36. The van der Waals surface area contributed by atoms with Crippen LogP contribution in [0, 0.1) is 12.7 Å². The average molecular weight is 510 g/mol. The van der Waals surface area contributed by atoms with Crippen LogP contribution in [0.2, 0.25) is 0 Å². The fraction of sp³-hybridized carbons (Fsp3) is 0.423. The maximum Gasteiger partial charge on any atom is 0.410 e. The number of piperazine rings is 1. The maximum absolute atomic E-state index is 14.4. The van der Waals surface area contributed by atoms with Crippen LogP contribution in [0.4, 0.5) is 14.9 Å². The Hall–Kier alpha value is -4.02. The molecule has 5 rings (SSSR count). The van der Waals surface area contributed by atoms with E-state index in [1.165, 1.54) is 21.1 Å². The van der Waals surface area contributed by atoms with E-state index in [1.807, 2.05) is 47.6 Å². The number of aryl methyl sites for hydroxylation is 1. The van der Waals surface area contributed by atoms with Gasteiger partial charge in [0.1, 0.15) is 11.2 Å². The molecular weight excluding hydrogens is 477 g/mol. The Morgan fingerprint density at radius 3 is 2.41 bits per heavy atom. The number of ether oxygens (including phenoxy) is 1. The van der Waals surface area contributed by atoms with Crippen molar-refractivity contribution in [2.45, 2.75) is 47.1 Å². The number of rotatable bonds is 2. The van der Waals surface area contributed by atoms with Crippen molar-refractivity contribution in [2.24, 2.45) is 0 Å². The minimum atomic E-state index is -0.542. The van der Waals surface area contributed by atoms with Crippen LogP contribution in [-0.4, -0.2) is 66.5 Å². The third-order valence-corrected chi connectivity index (χ3v) is 5.82. The van der Waals surface area contributed by atoms with Crippen molar-refractivity contribution < 1.29 is 13.9 Å². The highest BCUT2D eigenvalue weighted by atomic mass is 19.1. The van der Waals surface area contributed by atoms with Gasteiger partial charge in [0.05, 0.1) is 5.69 Å². The number of aromatic nitrogens is 5. The van der Waals surface area contributed by atoms with Gasteiger partial charge >= 0.3 is 11.8 Å². The van der Waals surface area contributed by atoms with Crippen molar-refractivity contribution in [1.82, 2.24) is 28.7 Å². The number of amides is 1. The van der Waals surface area contributed by atoms with Gasteiger partial charge in [-0.1, -0.05) is 13.8 Å². The van der Waals surface area contributed by atoms with E-state index in [4.69, 9.17) is 4.74 Å². The van der Waals surface area contributed by atoms with Gasteiger partial charge in [0.15, 0.2) is 17.3 Å². The first-order valence-electron chi connectivity index (χ1n) is 12.4. The molecule has 0 unspecified atom stereocenters. The Morgan fingerprint density at radius 1 is 1.03 bits per heavy atom. The average Bonchev–Trinajstić information content (AvgIpc) is 3.34. The molecule has 5 heterocycles. The van der Waals surface area contributed by atoms with Crippen LogP contribution in [0.15, 0.2) is 41.7 Å². The second kappa shape index (κ2) is 10.2. The second-order valence-electron chi connectivity index (χ2n) is 9.59. The molecule has 1 saturated heterocycles. The van der Waals surface area contributed by atoms with E-state index in [2.05, 4.69) is 19.9 Å². The third-order valence-electron chi connectivity index (χ3n) is 5.82. The van der Waals surface area contributed by atoms with Crippen molar-refractivity contribution in [1.29, 1.82) is 0 Å². The number of carbonyl (C=O) groups is 1. The molecule has 0 spiro atoms. The molecule has 11 heteroatoms. The summed E-state index contributed by atoms with van der Waals surface area (Å²) in [7, 11) is 0. The van der Waals surface area contributed by atoms with Crippen LogP contribution in [0.25, 0.3) is 22.7 Å². The molecule has 10 nitrogen and oxygen atoms in total. The fourth-order valence-electron chi connectivity index (χ4n) is 4.15. The maximum atomic E-state index is 14.4. The number of carbonyl (C=O) groups excluding carboxylic acids is 1. The summed E-state index contributed by atoms with van der Waals surface area (Å²) in [6, 6.07) is 3.23. The summed E-state index contributed by atoms with van der Waals surface area (Å²) in [6.07, 6.45) is 6.14. The van der Waals surface area contributed by atoms with Gasteiger partial charge in [-0.25, -0.2) is 28.3 Å². The van der Waals surface area contributed by atoms with Gasteiger partial charge in [0.25, 0.3) is 0 Å². The monoisotopic (exact) mass is 509 g/mol. The molecule has 1 fully saturated rings. The van der Waals surface area contributed by atoms with Crippen molar-refractivity contribution in [3.05, 3.63) is 58.8 Å². The molecule has 0 bridgehead atoms. The van der Waals surface area contributed by atoms with Gasteiger partial charge in [-0.3, -0.25) is 0 Å². The van der Waals surface area contributed by atoms with Crippen LogP contribution in [0.1, 0.15) is 40.2 Å². The molecule has 0 saturated carbocycles. The van der Waals surface area contributed by atoms with Crippen molar-refractivity contribution >= 4 is 23.1 Å². The number of halogens is 1. The zero-order valence-electron chi connectivity index (χ0n) is 22.0. The number of imidazole rings is 1. The summed E-state index contributed by atoms with van der Waals surface area (Å²) in [5.74, 6) is -0.375. The molecule has 0 atom stereocenters. The third kappa shape index (κ3) is 5.40. The van der Waals surface area contributed by atoms with Crippen molar-refractivity contribution in [3.8, 4) is 11.4 Å². The number of hydrogen-bond donors (Lipinski definition) is 0. The first-order chi connectivity index (χ1) is 17.6. The Bertz CT molecular complexity index is 1500. The molecule has 0 aliphatic carbocycles. The predicted octanol–water partition coefficient (Wildman–Crippen LogP) is 3.94. The van der Waals surface area contributed by atoms with E-state index in [0.29, 0.717) is 37.4 Å². The molecule has 196 valence electrons. The van der Waals surface area contributed by atoms with Crippen molar-refractivity contribution in [3.63, 3.8) is 0 Å². The van der Waals surface area contributed by atoms with E-state index in [9.17, 15) is 14.0 Å². The zero-order valence-corrected chi connectivity index (χ0v) is 22.0. The number of pyridine rings is 2. The number of anilines is 1. The van der Waals surface area contributed by atoms with Crippen LogP contribution in [-0.2, 0) is 4.74 Å². The molecular formula is C26H32FN7O3. The highest BCUT2D eigenvalue weighted by Crippen LogP contribution is 2.23. The van der Waals surface area contributed by atoms with Gasteiger partial charge in [0.2, 0.25) is 0 Å².